The van der Waals surface area contributed by atoms with Crippen molar-refractivity contribution < 1.29 is 4.79 Å². The van der Waals surface area contributed by atoms with Crippen molar-refractivity contribution in [2.24, 2.45) is 0 Å². The minimum absolute atomic E-state index is 0.293. The fraction of sp³-hybridized carbons (Fsp3) is 0.0556. The van der Waals surface area contributed by atoms with Gasteiger partial charge in [-0.15, -0.1) is 5.10 Å². The highest BCUT2D eigenvalue weighted by molar-refractivity contribution is 7.10. The Morgan fingerprint density at radius 3 is 2.64 bits per heavy atom. The van der Waals surface area contributed by atoms with E-state index >= 15 is 0 Å². The van der Waals surface area contributed by atoms with E-state index < -0.39 is 0 Å². The molecule has 0 aliphatic carbocycles. The first-order chi connectivity index (χ1) is 13.5. The fourth-order valence-corrected chi connectivity index (χ4v) is 3.41. The average Bonchev–Trinajstić information content (AvgIpc) is 3.28. The van der Waals surface area contributed by atoms with E-state index in [-0.39, 0.29) is 5.91 Å². The van der Waals surface area contributed by atoms with E-state index in [1.165, 1.54) is 0 Å². The van der Waals surface area contributed by atoms with Crippen LogP contribution in [-0.4, -0.2) is 30.3 Å². The van der Waals surface area contributed by atoms with Gasteiger partial charge in [-0.3, -0.25) is 10.1 Å². The molecule has 0 saturated carbocycles. The summed E-state index contributed by atoms with van der Waals surface area (Å²) in [7, 11) is 0. The second-order valence-electron chi connectivity index (χ2n) is 5.80. The van der Waals surface area contributed by atoms with Gasteiger partial charge in [-0.1, -0.05) is 34.5 Å². The Morgan fingerprint density at radius 2 is 1.89 bits per heavy atom. The minimum atomic E-state index is -0.293. The number of halogens is 2. The number of hydrogen-bond donors (Lipinski definition) is 1. The zero-order valence-electron chi connectivity index (χ0n) is 14.4. The number of hydrogen-bond acceptors (Lipinski definition) is 6. The Labute approximate surface area is 174 Å². The van der Waals surface area contributed by atoms with Gasteiger partial charge in [-0.05, 0) is 49.4 Å². The van der Waals surface area contributed by atoms with Gasteiger partial charge in [0.05, 0.1) is 11.4 Å². The Hall–Kier alpha value is -2.81. The number of amides is 1. The fourth-order valence-electron chi connectivity index (χ4n) is 2.53. The van der Waals surface area contributed by atoms with Crippen molar-refractivity contribution in [2.75, 3.05) is 5.32 Å². The molecule has 2 aromatic heterocycles. The first-order valence-corrected chi connectivity index (χ1v) is 9.63. The standard InChI is InChI=1S/C18H12Cl2N6OS/c1-10-15(23-25-26(10)14-4-2-3-13(20)9-14)16-21-18(28-24-16)22-17(27)11-5-7-12(19)8-6-11/h2-9H,1H3,(H,21,22,24,27). The summed E-state index contributed by atoms with van der Waals surface area (Å²) in [5.41, 5.74) is 2.55. The van der Waals surface area contributed by atoms with Gasteiger partial charge < -0.3 is 0 Å². The van der Waals surface area contributed by atoms with Crippen molar-refractivity contribution in [1.29, 1.82) is 0 Å². The third-order valence-electron chi connectivity index (χ3n) is 3.91. The quantitative estimate of drug-likeness (QED) is 0.508. The molecule has 4 rings (SSSR count). The molecule has 0 fully saturated rings. The molecule has 10 heteroatoms. The number of rotatable bonds is 4. The molecule has 0 atom stereocenters. The summed E-state index contributed by atoms with van der Waals surface area (Å²) in [6.45, 7) is 1.86. The van der Waals surface area contributed by atoms with E-state index in [1.807, 2.05) is 19.1 Å². The highest BCUT2D eigenvalue weighted by Crippen LogP contribution is 2.25. The van der Waals surface area contributed by atoms with Crippen LogP contribution in [0, 0.1) is 6.92 Å². The minimum Gasteiger partial charge on any atom is -0.297 e. The van der Waals surface area contributed by atoms with Gasteiger partial charge in [0.25, 0.3) is 5.91 Å². The van der Waals surface area contributed by atoms with Crippen LogP contribution in [0.1, 0.15) is 16.1 Å². The molecular formula is C18H12Cl2N6OS. The monoisotopic (exact) mass is 430 g/mol. The summed E-state index contributed by atoms with van der Waals surface area (Å²) in [5.74, 6) is 0.0980. The number of anilines is 1. The summed E-state index contributed by atoms with van der Waals surface area (Å²) < 4.78 is 5.95. The molecule has 1 N–H and O–H groups in total. The first-order valence-electron chi connectivity index (χ1n) is 8.10. The Bertz CT molecular complexity index is 1160. The van der Waals surface area contributed by atoms with E-state index in [2.05, 4.69) is 25.0 Å². The van der Waals surface area contributed by atoms with Crippen molar-refractivity contribution in [2.45, 2.75) is 6.92 Å². The normalized spacial score (nSPS) is 10.8. The van der Waals surface area contributed by atoms with E-state index in [4.69, 9.17) is 23.2 Å². The molecule has 28 heavy (non-hydrogen) atoms. The lowest BCUT2D eigenvalue weighted by Crippen LogP contribution is -2.11. The summed E-state index contributed by atoms with van der Waals surface area (Å²) in [5, 5.41) is 12.6. The van der Waals surface area contributed by atoms with Crippen LogP contribution in [0.15, 0.2) is 48.5 Å². The smallest absolute Gasteiger partial charge is 0.257 e. The topological polar surface area (TPSA) is 85.6 Å². The van der Waals surface area contributed by atoms with Crippen molar-refractivity contribution in [3.05, 3.63) is 69.8 Å². The molecule has 0 unspecified atom stereocenters. The molecule has 0 spiro atoms. The number of nitrogens with one attached hydrogen (secondary N) is 1. The number of carbonyl (C=O) groups excluding carboxylic acids is 1. The Kier molecular flexibility index (Phi) is 5.08. The van der Waals surface area contributed by atoms with Gasteiger partial charge in [-0.25, -0.2) is 4.68 Å². The molecule has 2 aromatic carbocycles. The van der Waals surface area contributed by atoms with Crippen molar-refractivity contribution in [3.8, 4) is 17.2 Å². The van der Waals surface area contributed by atoms with Crippen LogP contribution >= 0.6 is 34.7 Å². The van der Waals surface area contributed by atoms with Gasteiger partial charge in [0, 0.05) is 27.1 Å². The number of aromatic nitrogens is 5. The third kappa shape index (κ3) is 3.75. The maximum Gasteiger partial charge on any atom is 0.257 e. The molecule has 0 saturated heterocycles. The Morgan fingerprint density at radius 1 is 1.11 bits per heavy atom. The van der Waals surface area contributed by atoms with Crippen molar-refractivity contribution in [1.82, 2.24) is 24.4 Å². The second kappa shape index (κ2) is 7.67. The molecule has 2 heterocycles. The van der Waals surface area contributed by atoms with Gasteiger partial charge in [0.15, 0.2) is 11.5 Å². The molecular weight excluding hydrogens is 419 g/mol. The van der Waals surface area contributed by atoms with Crippen molar-refractivity contribution >= 4 is 45.8 Å². The van der Waals surface area contributed by atoms with Crippen LogP contribution in [-0.2, 0) is 0 Å². The SMILES string of the molecule is Cc1c(-c2nsc(NC(=O)c3ccc(Cl)cc3)n2)nnn1-c1cccc(Cl)c1. The molecule has 0 aliphatic rings. The lowest BCUT2D eigenvalue weighted by molar-refractivity contribution is 0.102. The van der Waals surface area contributed by atoms with E-state index in [1.54, 1.807) is 41.1 Å². The number of benzene rings is 2. The molecule has 4 aromatic rings. The van der Waals surface area contributed by atoms with Gasteiger partial charge in [-0.2, -0.15) is 9.36 Å². The largest absolute Gasteiger partial charge is 0.297 e. The van der Waals surface area contributed by atoms with Gasteiger partial charge >= 0.3 is 0 Å². The number of nitrogens with zero attached hydrogens (tertiary/aromatic N) is 5. The van der Waals surface area contributed by atoms with E-state index in [0.717, 1.165) is 22.9 Å². The highest BCUT2D eigenvalue weighted by Gasteiger charge is 2.18. The summed E-state index contributed by atoms with van der Waals surface area (Å²) in [6.07, 6.45) is 0. The van der Waals surface area contributed by atoms with E-state index in [9.17, 15) is 4.79 Å². The maximum atomic E-state index is 12.3. The van der Waals surface area contributed by atoms with E-state index in [0.29, 0.717) is 32.3 Å². The second-order valence-corrected chi connectivity index (χ2v) is 7.42. The molecule has 0 radical (unpaired) electrons. The highest BCUT2D eigenvalue weighted by atomic mass is 35.5. The van der Waals surface area contributed by atoms with Crippen LogP contribution in [0.4, 0.5) is 5.13 Å². The zero-order chi connectivity index (χ0) is 19.7. The number of carbonyl (C=O) groups is 1. The van der Waals surface area contributed by atoms with Crippen LogP contribution in [0.2, 0.25) is 10.0 Å². The summed E-state index contributed by atoms with van der Waals surface area (Å²) in [4.78, 5) is 16.7. The van der Waals surface area contributed by atoms with Crippen LogP contribution in [0.3, 0.4) is 0 Å². The lowest BCUT2D eigenvalue weighted by Gasteiger charge is -2.03. The zero-order valence-corrected chi connectivity index (χ0v) is 16.8. The van der Waals surface area contributed by atoms with Gasteiger partial charge in [0.2, 0.25) is 5.13 Å². The molecule has 0 aliphatic heterocycles. The molecule has 0 bridgehead atoms. The third-order valence-corrected chi connectivity index (χ3v) is 5.03. The molecule has 1 amide bonds. The molecule has 7 nitrogen and oxygen atoms in total. The summed E-state index contributed by atoms with van der Waals surface area (Å²) in [6, 6.07) is 13.9. The molecule has 140 valence electrons. The average molecular weight is 431 g/mol. The lowest BCUT2D eigenvalue weighted by atomic mass is 10.2. The van der Waals surface area contributed by atoms with Crippen LogP contribution in [0.5, 0.6) is 0 Å². The van der Waals surface area contributed by atoms with Crippen LogP contribution < -0.4 is 5.32 Å². The summed E-state index contributed by atoms with van der Waals surface area (Å²) >= 11 is 13.0. The Balaban J connectivity index is 1.56. The van der Waals surface area contributed by atoms with Gasteiger partial charge in [0.1, 0.15) is 0 Å². The predicted octanol–water partition coefficient (Wildman–Crippen LogP) is 4.65. The maximum absolute atomic E-state index is 12.3. The van der Waals surface area contributed by atoms with Crippen LogP contribution in [0.25, 0.3) is 17.2 Å². The van der Waals surface area contributed by atoms with Crippen molar-refractivity contribution in [3.63, 3.8) is 0 Å². The first kappa shape index (κ1) is 18.5. The predicted molar refractivity (Wildman–Crippen MR) is 109 cm³/mol.